The van der Waals surface area contributed by atoms with Gasteiger partial charge >= 0.3 is 5.97 Å². The average Bonchev–Trinajstić information content (AvgIpc) is 2.38. The molecular weight excluding hydrogens is 230 g/mol. The van der Waals surface area contributed by atoms with Crippen molar-refractivity contribution in [1.29, 1.82) is 0 Å². The largest absolute Gasteiger partial charge is 0.481 e. The zero-order valence-electron chi connectivity index (χ0n) is 11.3. The summed E-state index contributed by atoms with van der Waals surface area (Å²) >= 11 is 0. The molecule has 0 saturated heterocycles. The summed E-state index contributed by atoms with van der Waals surface area (Å²) in [4.78, 5) is 23.1. The standard InChI is InChI=1S/C14H25NO3/c1-2-3-4-7-10-15-13(16)11-8-5-6-9-12(11)14(17)18/h11-12H,2-10H2,1H3,(H,15,16)(H,17,18)/t11-,12-/m0/s1. The van der Waals surface area contributed by atoms with Crippen LogP contribution in [0.4, 0.5) is 0 Å². The molecule has 18 heavy (non-hydrogen) atoms. The molecule has 1 amide bonds. The van der Waals surface area contributed by atoms with Gasteiger partial charge in [-0.2, -0.15) is 0 Å². The number of carboxylic acid groups (broad SMARTS) is 1. The molecule has 2 atom stereocenters. The number of rotatable bonds is 7. The number of carbonyl (C=O) groups excluding carboxylic acids is 1. The van der Waals surface area contributed by atoms with Gasteiger partial charge in [-0.1, -0.05) is 39.0 Å². The third-order valence-electron chi connectivity index (χ3n) is 3.75. The van der Waals surface area contributed by atoms with Crippen molar-refractivity contribution in [2.75, 3.05) is 6.54 Å². The second-order valence-corrected chi connectivity index (χ2v) is 5.19. The number of aliphatic carboxylic acids is 1. The highest BCUT2D eigenvalue weighted by Crippen LogP contribution is 2.30. The van der Waals surface area contributed by atoms with E-state index in [0.29, 0.717) is 13.0 Å². The zero-order chi connectivity index (χ0) is 13.4. The summed E-state index contributed by atoms with van der Waals surface area (Å²) in [6, 6.07) is 0. The van der Waals surface area contributed by atoms with Gasteiger partial charge < -0.3 is 10.4 Å². The molecule has 1 fully saturated rings. The molecule has 0 radical (unpaired) electrons. The van der Waals surface area contributed by atoms with Gasteiger partial charge in [-0.3, -0.25) is 9.59 Å². The van der Waals surface area contributed by atoms with Crippen LogP contribution in [0.3, 0.4) is 0 Å². The normalized spacial score (nSPS) is 23.6. The Kier molecular flexibility index (Phi) is 6.76. The highest BCUT2D eigenvalue weighted by Gasteiger charge is 2.35. The van der Waals surface area contributed by atoms with E-state index in [1.807, 2.05) is 0 Å². The van der Waals surface area contributed by atoms with Gasteiger partial charge in [0.1, 0.15) is 0 Å². The number of carbonyl (C=O) groups is 2. The van der Waals surface area contributed by atoms with E-state index in [0.717, 1.165) is 32.1 Å². The monoisotopic (exact) mass is 255 g/mol. The predicted molar refractivity (Wildman–Crippen MR) is 70.2 cm³/mol. The van der Waals surface area contributed by atoms with Crippen LogP contribution >= 0.6 is 0 Å². The van der Waals surface area contributed by atoms with Gasteiger partial charge in [0.05, 0.1) is 11.8 Å². The third-order valence-corrected chi connectivity index (χ3v) is 3.75. The number of hydrogen-bond acceptors (Lipinski definition) is 2. The van der Waals surface area contributed by atoms with E-state index < -0.39 is 11.9 Å². The SMILES string of the molecule is CCCCCCNC(=O)[C@H]1CCCC[C@@H]1C(=O)O. The van der Waals surface area contributed by atoms with Crippen molar-refractivity contribution in [3.05, 3.63) is 0 Å². The van der Waals surface area contributed by atoms with Crippen molar-refractivity contribution >= 4 is 11.9 Å². The lowest BCUT2D eigenvalue weighted by molar-refractivity contribution is -0.148. The van der Waals surface area contributed by atoms with Gasteiger partial charge in [0.2, 0.25) is 5.91 Å². The van der Waals surface area contributed by atoms with Crippen LogP contribution in [0.1, 0.15) is 58.3 Å². The summed E-state index contributed by atoms with van der Waals surface area (Å²) < 4.78 is 0. The first-order valence-electron chi connectivity index (χ1n) is 7.17. The molecule has 0 heterocycles. The van der Waals surface area contributed by atoms with E-state index in [-0.39, 0.29) is 11.8 Å². The first-order chi connectivity index (χ1) is 8.66. The molecular formula is C14H25NO3. The molecule has 1 aliphatic rings. The summed E-state index contributed by atoms with van der Waals surface area (Å²) in [6.45, 7) is 2.83. The number of carboxylic acids is 1. The minimum absolute atomic E-state index is 0.0569. The van der Waals surface area contributed by atoms with Crippen molar-refractivity contribution in [1.82, 2.24) is 5.32 Å². The molecule has 0 aliphatic heterocycles. The van der Waals surface area contributed by atoms with Gasteiger partial charge in [-0.05, 0) is 19.3 Å². The third kappa shape index (κ3) is 4.67. The first-order valence-corrected chi connectivity index (χ1v) is 7.17. The molecule has 0 bridgehead atoms. The van der Waals surface area contributed by atoms with Crippen LogP contribution < -0.4 is 5.32 Å². The van der Waals surface area contributed by atoms with E-state index in [9.17, 15) is 9.59 Å². The van der Waals surface area contributed by atoms with E-state index in [2.05, 4.69) is 12.2 Å². The van der Waals surface area contributed by atoms with Gasteiger partial charge in [0, 0.05) is 6.54 Å². The topological polar surface area (TPSA) is 66.4 Å². The molecule has 1 aliphatic carbocycles. The van der Waals surface area contributed by atoms with Crippen LogP contribution in [0.15, 0.2) is 0 Å². The Morgan fingerprint density at radius 2 is 1.78 bits per heavy atom. The Hall–Kier alpha value is -1.06. The van der Waals surface area contributed by atoms with E-state index in [4.69, 9.17) is 5.11 Å². The summed E-state index contributed by atoms with van der Waals surface area (Å²) in [5.74, 6) is -1.67. The second kappa shape index (κ2) is 8.11. The smallest absolute Gasteiger partial charge is 0.307 e. The number of nitrogens with one attached hydrogen (secondary N) is 1. The lowest BCUT2D eigenvalue weighted by Gasteiger charge is -2.27. The molecule has 0 aromatic rings. The molecule has 2 N–H and O–H groups in total. The van der Waals surface area contributed by atoms with Crippen LogP contribution in [0.5, 0.6) is 0 Å². The van der Waals surface area contributed by atoms with Crippen molar-refractivity contribution in [2.24, 2.45) is 11.8 Å². The van der Waals surface area contributed by atoms with E-state index >= 15 is 0 Å². The highest BCUT2D eigenvalue weighted by molar-refractivity contribution is 5.84. The summed E-state index contributed by atoms with van der Waals surface area (Å²) in [7, 11) is 0. The maximum absolute atomic E-state index is 12.0. The Morgan fingerprint density at radius 3 is 2.39 bits per heavy atom. The predicted octanol–water partition coefficient (Wildman–Crippen LogP) is 2.57. The van der Waals surface area contributed by atoms with E-state index in [1.165, 1.54) is 12.8 Å². The van der Waals surface area contributed by atoms with Crippen molar-refractivity contribution in [3.63, 3.8) is 0 Å². The highest BCUT2D eigenvalue weighted by atomic mass is 16.4. The molecule has 1 saturated carbocycles. The minimum atomic E-state index is -0.819. The minimum Gasteiger partial charge on any atom is -0.481 e. The van der Waals surface area contributed by atoms with Crippen molar-refractivity contribution < 1.29 is 14.7 Å². The second-order valence-electron chi connectivity index (χ2n) is 5.19. The maximum atomic E-state index is 12.0. The quantitative estimate of drug-likeness (QED) is 0.687. The van der Waals surface area contributed by atoms with Crippen molar-refractivity contribution in [3.8, 4) is 0 Å². The number of hydrogen-bond donors (Lipinski definition) is 2. The van der Waals surface area contributed by atoms with Gasteiger partial charge in [-0.25, -0.2) is 0 Å². The fourth-order valence-corrected chi connectivity index (χ4v) is 2.63. The van der Waals surface area contributed by atoms with Gasteiger partial charge in [-0.15, -0.1) is 0 Å². The Balaban J connectivity index is 2.32. The fraction of sp³-hybridized carbons (Fsp3) is 0.857. The molecule has 0 aromatic heterocycles. The molecule has 0 spiro atoms. The number of amides is 1. The molecule has 0 unspecified atom stereocenters. The molecule has 104 valence electrons. The van der Waals surface area contributed by atoms with Gasteiger partial charge in [0.15, 0.2) is 0 Å². The van der Waals surface area contributed by atoms with Crippen LogP contribution in [0.2, 0.25) is 0 Å². The van der Waals surface area contributed by atoms with Crippen molar-refractivity contribution in [2.45, 2.75) is 58.3 Å². The fourth-order valence-electron chi connectivity index (χ4n) is 2.63. The van der Waals surface area contributed by atoms with Crippen LogP contribution in [0, 0.1) is 11.8 Å². The van der Waals surface area contributed by atoms with E-state index in [1.54, 1.807) is 0 Å². The Labute approximate surface area is 109 Å². The van der Waals surface area contributed by atoms with Crippen LogP contribution in [-0.2, 0) is 9.59 Å². The molecule has 0 aromatic carbocycles. The summed E-state index contributed by atoms with van der Waals surface area (Å²) in [6.07, 6.45) is 7.75. The van der Waals surface area contributed by atoms with Crippen LogP contribution in [0.25, 0.3) is 0 Å². The zero-order valence-corrected chi connectivity index (χ0v) is 11.3. The van der Waals surface area contributed by atoms with Crippen LogP contribution in [-0.4, -0.2) is 23.5 Å². The molecule has 4 heteroatoms. The Bertz CT molecular complexity index is 278. The lowest BCUT2D eigenvalue weighted by Crippen LogP contribution is -2.40. The summed E-state index contributed by atoms with van der Waals surface area (Å²) in [5.41, 5.74) is 0. The molecule has 1 rings (SSSR count). The Morgan fingerprint density at radius 1 is 1.11 bits per heavy atom. The summed E-state index contributed by atoms with van der Waals surface area (Å²) in [5, 5.41) is 12.0. The number of unbranched alkanes of at least 4 members (excludes halogenated alkanes) is 3. The average molecular weight is 255 g/mol. The first kappa shape index (κ1) is 15.0. The maximum Gasteiger partial charge on any atom is 0.307 e. The lowest BCUT2D eigenvalue weighted by atomic mass is 9.78. The van der Waals surface area contributed by atoms with Gasteiger partial charge in [0.25, 0.3) is 0 Å². The molecule has 4 nitrogen and oxygen atoms in total.